The van der Waals surface area contributed by atoms with Gasteiger partial charge in [-0.1, -0.05) is 28.1 Å². The summed E-state index contributed by atoms with van der Waals surface area (Å²) in [6, 6.07) is 7.74. The number of hydrogen-bond donors (Lipinski definition) is 2. The van der Waals surface area contributed by atoms with Crippen molar-refractivity contribution in [3.63, 3.8) is 0 Å². The number of amides is 1. The summed E-state index contributed by atoms with van der Waals surface area (Å²) in [6.45, 7) is 0. The van der Waals surface area contributed by atoms with Gasteiger partial charge in [-0.3, -0.25) is 10.2 Å². The topological polar surface area (TPSA) is 68.0 Å². The van der Waals surface area contributed by atoms with Gasteiger partial charge >= 0.3 is 0 Å². The van der Waals surface area contributed by atoms with Crippen LogP contribution in [0.4, 0.5) is 0 Å². The SMILES string of the molecule is NNC(=O)c1cnc(-c2ccc(Br)cc2)s1. The number of hydrogen-bond acceptors (Lipinski definition) is 4. The molecule has 0 atom stereocenters. The van der Waals surface area contributed by atoms with Gasteiger partial charge in [0.25, 0.3) is 5.91 Å². The van der Waals surface area contributed by atoms with Gasteiger partial charge in [0.15, 0.2) is 0 Å². The van der Waals surface area contributed by atoms with Gasteiger partial charge in [-0.05, 0) is 12.1 Å². The van der Waals surface area contributed by atoms with Gasteiger partial charge in [0.2, 0.25) is 0 Å². The lowest BCUT2D eigenvalue weighted by atomic mass is 10.2. The molecular weight excluding hydrogens is 290 g/mol. The fourth-order valence-corrected chi connectivity index (χ4v) is 2.27. The maximum Gasteiger partial charge on any atom is 0.276 e. The van der Waals surface area contributed by atoms with Gasteiger partial charge in [-0.15, -0.1) is 11.3 Å². The number of aromatic nitrogens is 1. The van der Waals surface area contributed by atoms with Crippen molar-refractivity contribution < 1.29 is 4.79 Å². The summed E-state index contributed by atoms with van der Waals surface area (Å²) in [6.07, 6.45) is 1.52. The molecule has 1 amide bonds. The number of carbonyl (C=O) groups excluding carboxylic acids is 1. The van der Waals surface area contributed by atoms with E-state index >= 15 is 0 Å². The highest BCUT2D eigenvalue weighted by molar-refractivity contribution is 9.10. The number of halogens is 1. The van der Waals surface area contributed by atoms with Crippen molar-refractivity contribution in [1.82, 2.24) is 10.4 Å². The predicted octanol–water partition coefficient (Wildman–Crippen LogP) is 2.18. The van der Waals surface area contributed by atoms with Gasteiger partial charge in [-0.2, -0.15) is 0 Å². The highest BCUT2D eigenvalue weighted by Crippen LogP contribution is 2.26. The molecule has 1 aromatic heterocycles. The first-order valence-corrected chi connectivity index (χ1v) is 6.04. The Balaban J connectivity index is 2.31. The van der Waals surface area contributed by atoms with Crippen LogP contribution in [0.2, 0.25) is 0 Å². The van der Waals surface area contributed by atoms with Gasteiger partial charge in [-0.25, -0.2) is 10.8 Å². The zero-order valence-corrected chi connectivity index (χ0v) is 10.5. The molecule has 1 heterocycles. The molecule has 0 saturated carbocycles. The standard InChI is InChI=1S/C10H8BrN3OS/c11-7-3-1-6(2-4-7)10-13-5-8(16-10)9(15)14-12/h1-5H,12H2,(H,14,15). The summed E-state index contributed by atoms with van der Waals surface area (Å²) in [4.78, 5) is 15.9. The first-order chi connectivity index (χ1) is 7.70. The summed E-state index contributed by atoms with van der Waals surface area (Å²) in [5.74, 6) is 4.73. The Morgan fingerprint density at radius 2 is 2.06 bits per heavy atom. The summed E-state index contributed by atoms with van der Waals surface area (Å²) in [5, 5.41) is 0.797. The molecular formula is C10H8BrN3OS. The van der Waals surface area contributed by atoms with Crippen LogP contribution in [0, 0.1) is 0 Å². The average Bonchev–Trinajstić information content (AvgIpc) is 2.78. The molecule has 2 rings (SSSR count). The van der Waals surface area contributed by atoms with Crippen LogP contribution in [0.15, 0.2) is 34.9 Å². The average molecular weight is 298 g/mol. The zero-order chi connectivity index (χ0) is 11.5. The largest absolute Gasteiger partial charge is 0.289 e. The van der Waals surface area contributed by atoms with Crippen LogP contribution in [0.3, 0.4) is 0 Å². The Morgan fingerprint density at radius 1 is 1.38 bits per heavy atom. The first-order valence-electron chi connectivity index (χ1n) is 4.43. The van der Waals surface area contributed by atoms with Gasteiger partial charge in [0.1, 0.15) is 9.88 Å². The van der Waals surface area contributed by atoms with E-state index in [0.717, 1.165) is 15.0 Å². The minimum atomic E-state index is -0.319. The van der Waals surface area contributed by atoms with Crippen LogP contribution in [-0.4, -0.2) is 10.9 Å². The molecule has 82 valence electrons. The van der Waals surface area contributed by atoms with E-state index in [-0.39, 0.29) is 5.91 Å². The normalized spacial score (nSPS) is 10.1. The predicted molar refractivity (Wildman–Crippen MR) is 66.9 cm³/mol. The van der Waals surface area contributed by atoms with Crippen LogP contribution in [-0.2, 0) is 0 Å². The van der Waals surface area contributed by atoms with Gasteiger partial charge < -0.3 is 0 Å². The Morgan fingerprint density at radius 3 is 2.69 bits per heavy atom. The molecule has 0 radical (unpaired) electrons. The number of nitrogens with one attached hydrogen (secondary N) is 1. The molecule has 1 aromatic carbocycles. The summed E-state index contributed by atoms with van der Waals surface area (Å²) < 4.78 is 1.01. The van der Waals surface area contributed by atoms with Crippen molar-refractivity contribution in [2.75, 3.05) is 0 Å². The lowest BCUT2D eigenvalue weighted by Gasteiger charge is -1.95. The van der Waals surface area contributed by atoms with E-state index in [1.807, 2.05) is 24.3 Å². The molecule has 0 unspecified atom stereocenters. The number of nitrogen functional groups attached to an aromatic ring is 1. The smallest absolute Gasteiger partial charge is 0.276 e. The molecule has 0 aliphatic heterocycles. The number of carbonyl (C=O) groups is 1. The minimum absolute atomic E-state index is 0.319. The second kappa shape index (κ2) is 4.73. The fraction of sp³-hybridized carbons (Fsp3) is 0. The summed E-state index contributed by atoms with van der Waals surface area (Å²) >= 11 is 4.67. The third-order valence-electron chi connectivity index (χ3n) is 1.95. The first kappa shape index (κ1) is 11.3. The zero-order valence-electron chi connectivity index (χ0n) is 8.11. The molecule has 3 N–H and O–H groups in total. The van der Waals surface area contributed by atoms with Crippen LogP contribution < -0.4 is 11.3 Å². The van der Waals surface area contributed by atoms with Crippen molar-refractivity contribution >= 4 is 33.2 Å². The lowest BCUT2D eigenvalue weighted by molar-refractivity contribution is 0.0957. The summed E-state index contributed by atoms with van der Waals surface area (Å²) in [7, 11) is 0. The third kappa shape index (κ3) is 2.29. The van der Waals surface area contributed by atoms with E-state index < -0.39 is 0 Å². The van der Waals surface area contributed by atoms with Crippen LogP contribution >= 0.6 is 27.3 Å². The number of nitrogens with two attached hydrogens (primary N) is 1. The van der Waals surface area contributed by atoms with Crippen LogP contribution in [0.1, 0.15) is 9.67 Å². The van der Waals surface area contributed by atoms with Crippen molar-refractivity contribution in [3.05, 3.63) is 39.8 Å². The lowest BCUT2D eigenvalue weighted by Crippen LogP contribution is -2.29. The van der Waals surface area contributed by atoms with E-state index in [2.05, 4.69) is 26.3 Å². The minimum Gasteiger partial charge on any atom is -0.289 e. The van der Waals surface area contributed by atoms with Crippen molar-refractivity contribution in [2.45, 2.75) is 0 Å². The van der Waals surface area contributed by atoms with E-state index in [0.29, 0.717) is 4.88 Å². The van der Waals surface area contributed by atoms with E-state index in [4.69, 9.17) is 5.84 Å². The van der Waals surface area contributed by atoms with Crippen LogP contribution in [0.25, 0.3) is 10.6 Å². The second-order valence-electron chi connectivity index (χ2n) is 3.01. The number of benzene rings is 1. The molecule has 0 aliphatic rings. The molecule has 0 bridgehead atoms. The number of hydrazine groups is 1. The van der Waals surface area contributed by atoms with Gasteiger partial charge in [0.05, 0.1) is 6.20 Å². The van der Waals surface area contributed by atoms with Crippen molar-refractivity contribution in [3.8, 4) is 10.6 Å². The van der Waals surface area contributed by atoms with E-state index in [1.54, 1.807) is 0 Å². The maximum atomic E-state index is 11.2. The highest BCUT2D eigenvalue weighted by atomic mass is 79.9. The molecule has 6 heteroatoms. The molecule has 0 saturated heterocycles. The number of thiazole rings is 1. The Kier molecular flexibility index (Phi) is 3.33. The Bertz CT molecular complexity index is 509. The van der Waals surface area contributed by atoms with E-state index in [1.165, 1.54) is 17.5 Å². The molecule has 2 aromatic rings. The highest BCUT2D eigenvalue weighted by Gasteiger charge is 2.09. The number of rotatable bonds is 2. The van der Waals surface area contributed by atoms with Crippen LogP contribution in [0.5, 0.6) is 0 Å². The molecule has 16 heavy (non-hydrogen) atoms. The monoisotopic (exact) mass is 297 g/mol. The van der Waals surface area contributed by atoms with Crippen molar-refractivity contribution in [1.29, 1.82) is 0 Å². The molecule has 4 nitrogen and oxygen atoms in total. The second-order valence-corrected chi connectivity index (χ2v) is 4.96. The third-order valence-corrected chi connectivity index (χ3v) is 3.53. The quantitative estimate of drug-likeness (QED) is 0.507. The molecule has 0 aliphatic carbocycles. The number of nitrogens with zero attached hydrogens (tertiary/aromatic N) is 1. The Labute approximate surface area is 105 Å². The van der Waals surface area contributed by atoms with E-state index in [9.17, 15) is 4.79 Å². The molecule has 0 spiro atoms. The Hall–Kier alpha value is -1.24. The van der Waals surface area contributed by atoms with Gasteiger partial charge in [0, 0.05) is 10.0 Å². The fourth-order valence-electron chi connectivity index (χ4n) is 1.18. The molecule has 0 fully saturated rings. The summed E-state index contributed by atoms with van der Waals surface area (Å²) in [5.41, 5.74) is 3.06. The maximum absolute atomic E-state index is 11.2. The van der Waals surface area contributed by atoms with Crippen molar-refractivity contribution in [2.24, 2.45) is 5.84 Å².